The van der Waals surface area contributed by atoms with Crippen LogP contribution in [0.15, 0.2) is 0 Å². The number of nitrogens with zero attached hydrogens (tertiary/aromatic N) is 2. The molecule has 2 rings (SSSR count). The first kappa shape index (κ1) is 9.47. The van der Waals surface area contributed by atoms with Gasteiger partial charge in [0.25, 0.3) is 0 Å². The Morgan fingerprint density at radius 2 is 2.00 bits per heavy atom. The molecule has 2 aliphatic heterocycles. The predicted molar refractivity (Wildman–Crippen MR) is 55.9 cm³/mol. The monoisotopic (exact) mass is 182 g/mol. The Bertz CT molecular complexity index is 183. The van der Waals surface area contributed by atoms with Gasteiger partial charge in [-0.3, -0.25) is 9.80 Å². The van der Waals surface area contributed by atoms with Crippen molar-refractivity contribution in [3.8, 4) is 0 Å². The summed E-state index contributed by atoms with van der Waals surface area (Å²) in [6.45, 7) is 12.1. The number of rotatable bonds is 2. The molecular weight excluding hydrogens is 160 g/mol. The largest absolute Gasteiger partial charge is 0.300 e. The van der Waals surface area contributed by atoms with Gasteiger partial charge in [0.05, 0.1) is 0 Å². The minimum atomic E-state index is 0.587. The van der Waals surface area contributed by atoms with Crippen LogP contribution in [0.1, 0.15) is 33.6 Å². The van der Waals surface area contributed by atoms with Crippen molar-refractivity contribution in [1.29, 1.82) is 0 Å². The van der Waals surface area contributed by atoms with Crippen LogP contribution >= 0.6 is 0 Å². The highest BCUT2D eigenvalue weighted by Crippen LogP contribution is 2.38. The molecule has 1 spiro atoms. The topological polar surface area (TPSA) is 6.48 Å². The maximum absolute atomic E-state index is 2.72. The van der Waals surface area contributed by atoms with E-state index in [0.29, 0.717) is 5.54 Å². The van der Waals surface area contributed by atoms with Crippen molar-refractivity contribution in [1.82, 2.24) is 9.80 Å². The quantitative estimate of drug-likeness (QED) is 0.639. The van der Waals surface area contributed by atoms with E-state index in [-0.39, 0.29) is 0 Å². The molecule has 2 heteroatoms. The van der Waals surface area contributed by atoms with Crippen molar-refractivity contribution in [2.75, 3.05) is 26.2 Å². The van der Waals surface area contributed by atoms with Gasteiger partial charge in [-0.1, -0.05) is 6.92 Å². The Morgan fingerprint density at radius 3 is 2.54 bits per heavy atom. The molecule has 0 amide bonds. The molecule has 76 valence electrons. The van der Waals surface area contributed by atoms with Crippen LogP contribution in [0.5, 0.6) is 0 Å². The lowest BCUT2D eigenvalue weighted by Crippen LogP contribution is -2.68. The van der Waals surface area contributed by atoms with Gasteiger partial charge in [-0.05, 0) is 39.8 Å². The van der Waals surface area contributed by atoms with Crippen molar-refractivity contribution >= 4 is 0 Å². The molecule has 2 fully saturated rings. The van der Waals surface area contributed by atoms with Gasteiger partial charge in [-0.15, -0.1) is 0 Å². The van der Waals surface area contributed by atoms with Gasteiger partial charge in [-0.2, -0.15) is 0 Å². The molecule has 0 aromatic carbocycles. The molecule has 2 saturated heterocycles. The molecule has 2 heterocycles. The van der Waals surface area contributed by atoms with Crippen LogP contribution < -0.4 is 0 Å². The summed E-state index contributed by atoms with van der Waals surface area (Å²) >= 11 is 0. The van der Waals surface area contributed by atoms with E-state index in [1.54, 1.807) is 0 Å². The van der Waals surface area contributed by atoms with Gasteiger partial charge in [-0.25, -0.2) is 0 Å². The van der Waals surface area contributed by atoms with Gasteiger partial charge in [0.1, 0.15) is 0 Å². The summed E-state index contributed by atoms with van der Waals surface area (Å²) in [6, 6.07) is 0.738. The molecule has 13 heavy (non-hydrogen) atoms. The highest BCUT2D eigenvalue weighted by Gasteiger charge is 2.49. The van der Waals surface area contributed by atoms with Gasteiger partial charge in [0.2, 0.25) is 0 Å². The molecule has 0 atom stereocenters. The van der Waals surface area contributed by atoms with Crippen molar-refractivity contribution in [2.24, 2.45) is 0 Å². The SMILES string of the molecule is CCN1CC2(CCCN2C(C)C)C1. The third kappa shape index (κ3) is 1.40. The summed E-state index contributed by atoms with van der Waals surface area (Å²) in [5, 5.41) is 0. The standard InChI is InChI=1S/C11H22N2/c1-4-12-8-11(9-12)6-5-7-13(11)10(2)3/h10H,4-9H2,1-3H3. The van der Waals surface area contributed by atoms with Gasteiger partial charge in [0.15, 0.2) is 0 Å². The third-order valence-electron chi connectivity index (χ3n) is 3.76. The normalized spacial score (nSPS) is 28.6. The van der Waals surface area contributed by atoms with Crippen molar-refractivity contribution in [2.45, 2.75) is 45.2 Å². The van der Waals surface area contributed by atoms with E-state index < -0.39 is 0 Å². The average molecular weight is 182 g/mol. The van der Waals surface area contributed by atoms with Crippen molar-refractivity contribution in [3.05, 3.63) is 0 Å². The molecule has 0 radical (unpaired) electrons. The summed E-state index contributed by atoms with van der Waals surface area (Å²) < 4.78 is 0. The zero-order chi connectivity index (χ0) is 9.47. The molecule has 0 aromatic heterocycles. The molecule has 2 aliphatic rings. The highest BCUT2D eigenvalue weighted by molar-refractivity contribution is 5.07. The maximum Gasteiger partial charge on any atom is 0.0466 e. The van der Waals surface area contributed by atoms with Gasteiger partial charge in [0, 0.05) is 24.7 Å². The highest BCUT2D eigenvalue weighted by atomic mass is 15.4. The van der Waals surface area contributed by atoms with E-state index >= 15 is 0 Å². The van der Waals surface area contributed by atoms with Crippen LogP contribution in [-0.2, 0) is 0 Å². The number of hydrogen-bond acceptors (Lipinski definition) is 2. The lowest BCUT2D eigenvalue weighted by Gasteiger charge is -2.54. The van der Waals surface area contributed by atoms with Crippen LogP contribution in [0.4, 0.5) is 0 Å². The second-order valence-electron chi connectivity index (χ2n) is 4.92. The minimum absolute atomic E-state index is 0.587. The Hall–Kier alpha value is -0.0800. The summed E-state index contributed by atoms with van der Waals surface area (Å²) in [5.41, 5.74) is 0.587. The van der Waals surface area contributed by atoms with Crippen LogP contribution in [0, 0.1) is 0 Å². The number of likely N-dealkylation sites (tertiary alicyclic amines) is 2. The van der Waals surface area contributed by atoms with E-state index in [0.717, 1.165) is 6.04 Å². The Balaban J connectivity index is 1.99. The fourth-order valence-corrected chi connectivity index (χ4v) is 3.11. The van der Waals surface area contributed by atoms with Crippen LogP contribution in [0.3, 0.4) is 0 Å². The van der Waals surface area contributed by atoms with E-state index in [9.17, 15) is 0 Å². The van der Waals surface area contributed by atoms with Crippen LogP contribution in [0.2, 0.25) is 0 Å². The average Bonchev–Trinajstić information content (AvgIpc) is 2.44. The second-order valence-corrected chi connectivity index (χ2v) is 4.92. The van der Waals surface area contributed by atoms with Gasteiger partial charge >= 0.3 is 0 Å². The first-order valence-electron chi connectivity index (χ1n) is 5.67. The zero-order valence-corrected chi connectivity index (χ0v) is 9.21. The Labute approximate surface area is 81.9 Å². The first-order chi connectivity index (χ1) is 6.18. The fourth-order valence-electron chi connectivity index (χ4n) is 3.11. The van der Waals surface area contributed by atoms with E-state index in [1.165, 1.54) is 39.0 Å². The zero-order valence-electron chi connectivity index (χ0n) is 9.21. The summed E-state index contributed by atoms with van der Waals surface area (Å²) in [7, 11) is 0. The number of hydrogen-bond donors (Lipinski definition) is 0. The summed E-state index contributed by atoms with van der Waals surface area (Å²) in [6.07, 6.45) is 2.84. The lowest BCUT2D eigenvalue weighted by atomic mass is 9.86. The van der Waals surface area contributed by atoms with E-state index in [2.05, 4.69) is 30.6 Å². The molecule has 0 saturated carbocycles. The first-order valence-corrected chi connectivity index (χ1v) is 5.67. The van der Waals surface area contributed by atoms with E-state index in [4.69, 9.17) is 0 Å². The van der Waals surface area contributed by atoms with Crippen LogP contribution in [-0.4, -0.2) is 47.6 Å². The third-order valence-corrected chi connectivity index (χ3v) is 3.76. The van der Waals surface area contributed by atoms with Gasteiger partial charge < -0.3 is 0 Å². The molecule has 0 N–H and O–H groups in total. The molecule has 0 aromatic rings. The van der Waals surface area contributed by atoms with Crippen molar-refractivity contribution in [3.63, 3.8) is 0 Å². The van der Waals surface area contributed by atoms with Crippen LogP contribution in [0.25, 0.3) is 0 Å². The number of likely N-dealkylation sites (N-methyl/N-ethyl adjacent to an activating group) is 1. The fraction of sp³-hybridized carbons (Fsp3) is 1.00. The smallest absolute Gasteiger partial charge is 0.0466 e. The van der Waals surface area contributed by atoms with Crippen molar-refractivity contribution < 1.29 is 0 Å². The molecular formula is C11H22N2. The Kier molecular flexibility index (Phi) is 2.37. The Morgan fingerprint density at radius 1 is 1.31 bits per heavy atom. The molecule has 0 aliphatic carbocycles. The summed E-state index contributed by atoms with van der Waals surface area (Å²) in [5.74, 6) is 0. The molecule has 0 unspecified atom stereocenters. The van der Waals surface area contributed by atoms with E-state index in [1.807, 2.05) is 0 Å². The summed E-state index contributed by atoms with van der Waals surface area (Å²) in [4.78, 5) is 5.28. The molecule has 2 nitrogen and oxygen atoms in total. The second kappa shape index (κ2) is 3.25. The molecule has 0 bridgehead atoms. The maximum atomic E-state index is 2.72. The predicted octanol–water partition coefficient (Wildman–Crippen LogP) is 1.56. The lowest BCUT2D eigenvalue weighted by molar-refractivity contribution is -0.0406. The minimum Gasteiger partial charge on any atom is -0.300 e.